The first kappa shape index (κ1) is 25.6. The molecule has 1 aromatic carbocycles. The highest BCUT2D eigenvalue weighted by Gasteiger charge is 2.11. The second kappa shape index (κ2) is 13.0. The summed E-state index contributed by atoms with van der Waals surface area (Å²) in [5.41, 5.74) is 0.677. The van der Waals surface area contributed by atoms with Crippen molar-refractivity contribution in [2.45, 2.75) is 32.1 Å². The molecular weight excluding hydrogens is 420 g/mol. The molecule has 0 heterocycles. The highest BCUT2D eigenvalue weighted by atomic mass is 32.2. The highest BCUT2D eigenvalue weighted by molar-refractivity contribution is 8.03. The molecule has 162 valence electrons. The number of thioether (sulfide) groups is 1. The fourth-order valence-corrected chi connectivity index (χ4v) is 2.86. The lowest BCUT2D eigenvalue weighted by Gasteiger charge is -2.08. The van der Waals surface area contributed by atoms with Gasteiger partial charge in [-0.2, -0.15) is 5.26 Å². The van der Waals surface area contributed by atoms with Crippen LogP contribution in [0.3, 0.4) is 0 Å². The zero-order chi connectivity index (χ0) is 23.4. The van der Waals surface area contributed by atoms with E-state index in [2.05, 4.69) is 16.6 Å². The van der Waals surface area contributed by atoms with E-state index in [1.165, 1.54) is 31.7 Å². The third-order valence-electron chi connectivity index (χ3n) is 3.54. The Kier molecular flexibility index (Phi) is 10.7. The van der Waals surface area contributed by atoms with E-state index >= 15 is 0 Å². The van der Waals surface area contributed by atoms with Gasteiger partial charge in [-0.15, -0.1) is 0 Å². The van der Waals surface area contributed by atoms with Crippen molar-refractivity contribution >= 4 is 35.2 Å². The number of oxime groups is 1. The normalized spacial score (nSPS) is 12.0. The quantitative estimate of drug-likeness (QED) is 0.0853. The predicted molar refractivity (Wildman–Crippen MR) is 116 cm³/mol. The number of ether oxygens (including phenoxy) is 1. The summed E-state index contributed by atoms with van der Waals surface area (Å²) >= 11 is 1.24. The van der Waals surface area contributed by atoms with Crippen molar-refractivity contribution in [3.8, 4) is 11.8 Å². The minimum absolute atomic E-state index is 0.0308. The van der Waals surface area contributed by atoms with Crippen LogP contribution in [0, 0.1) is 11.3 Å². The van der Waals surface area contributed by atoms with Crippen LogP contribution in [0.25, 0.3) is 0 Å². The lowest BCUT2D eigenvalue weighted by molar-refractivity contribution is -0.141. The summed E-state index contributed by atoms with van der Waals surface area (Å²) in [6.45, 7) is 7.62. The minimum atomic E-state index is -0.624. The topological polar surface area (TPSA) is 126 Å². The van der Waals surface area contributed by atoms with Crippen LogP contribution in [0.4, 0.5) is 0 Å². The van der Waals surface area contributed by atoms with E-state index in [4.69, 9.17) is 9.84 Å². The molecule has 0 fully saturated rings. The molecule has 8 nitrogen and oxygen atoms in total. The molecule has 0 amide bonds. The SMILES string of the molecule is C=C/C(=C\C=C(/C)C(=O)/C(C)=N/OC(C)=O)Sc1ccc(OC(=O)CCO)cc1C#N. The van der Waals surface area contributed by atoms with E-state index in [-0.39, 0.29) is 30.1 Å². The lowest BCUT2D eigenvalue weighted by atomic mass is 10.1. The molecule has 0 saturated heterocycles. The van der Waals surface area contributed by atoms with Gasteiger partial charge in [-0.25, -0.2) is 4.79 Å². The van der Waals surface area contributed by atoms with Crippen molar-refractivity contribution in [2.75, 3.05) is 6.61 Å². The van der Waals surface area contributed by atoms with Gasteiger partial charge < -0.3 is 14.7 Å². The van der Waals surface area contributed by atoms with Crippen molar-refractivity contribution in [3.63, 3.8) is 0 Å². The van der Waals surface area contributed by atoms with Crippen LogP contribution < -0.4 is 4.74 Å². The first-order valence-electron chi connectivity index (χ1n) is 9.03. The largest absolute Gasteiger partial charge is 0.426 e. The number of carbonyl (C=O) groups excluding carboxylic acids is 3. The Morgan fingerprint density at radius 1 is 1.26 bits per heavy atom. The summed E-state index contributed by atoms with van der Waals surface area (Å²) in [5.74, 6) is -1.41. The molecule has 1 rings (SSSR count). The van der Waals surface area contributed by atoms with Crippen molar-refractivity contribution in [3.05, 3.63) is 59.0 Å². The number of rotatable bonds is 10. The van der Waals surface area contributed by atoms with Crippen molar-refractivity contribution in [2.24, 2.45) is 5.16 Å². The van der Waals surface area contributed by atoms with Gasteiger partial charge >= 0.3 is 11.9 Å². The second-order valence-electron chi connectivity index (χ2n) is 6.03. The Morgan fingerprint density at radius 2 is 1.97 bits per heavy atom. The molecule has 0 radical (unpaired) electrons. The molecule has 0 saturated carbocycles. The summed E-state index contributed by atoms with van der Waals surface area (Å²) in [5, 5.41) is 21.6. The summed E-state index contributed by atoms with van der Waals surface area (Å²) < 4.78 is 5.06. The van der Waals surface area contributed by atoms with Gasteiger partial charge in [0, 0.05) is 16.7 Å². The molecule has 31 heavy (non-hydrogen) atoms. The van der Waals surface area contributed by atoms with Crippen molar-refractivity contribution in [1.82, 2.24) is 0 Å². The number of hydrogen-bond donors (Lipinski definition) is 1. The number of aliphatic hydroxyl groups excluding tert-OH is 1. The third-order valence-corrected chi connectivity index (χ3v) is 4.66. The molecule has 1 N–H and O–H groups in total. The Morgan fingerprint density at radius 3 is 2.55 bits per heavy atom. The molecule has 0 aromatic heterocycles. The molecule has 1 aromatic rings. The van der Waals surface area contributed by atoms with Crippen LogP contribution >= 0.6 is 11.8 Å². The smallest absolute Gasteiger partial charge is 0.331 e. The lowest BCUT2D eigenvalue weighted by Crippen LogP contribution is -2.12. The van der Waals surface area contributed by atoms with Gasteiger partial charge in [0.05, 0.1) is 18.6 Å². The van der Waals surface area contributed by atoms with E-state index < -0.39 is 17.7 Å². The van der Waals surface area contributed by atoms with Gasteiger partial charge in [0.15, 0.2) is 0 Å². The van der Waals surface area contributed by atoms with E-state index in [9.17, 15) is 19.6 Å². The van der Waals surface area contributed by atoms with Gasteiger partial charge in [0.1, 0.15) is 17.5 Å². The number of ketones is 1. The molecule has 0 aliphatic heterocycles. The molecule has 0 unspecified atom stereocenters. The molecule has 0 aliphatic rings. The van der Waals surface area contributed by atoms with Crippen molar-refractivity contribution < 1.29 is 29.1 Å². The third kappa shape index (κ3) is 8.82. The Bertz CT molecular complexity index is 1000. The minimum Gasteiger partial charge on any atom is -0.426 e. The number of nitriles is 1. The van der Waals surface area contributed by atoms with Crippen LogP contribution in [0.2, 0.25) is 0 Å². The maximum Gasteiger partial charge on any atom is 0.331 e. The van der Waals surface area contributed by atoms with Crippen LogP contribution in [0.5, 0.6) is 5.75 Å². The molecule has 0 atom stereocenters. The van der Waals surface area contributed by atoms with Crippen LogP contribution in [-0.2, 0) is 19.2 Å². The summed E-state index contributed by atoms with van der Waals surface area (Å²) in [4.78, 5) is 40.2. The maximum absolute atomic E-state index is 12.2. The number of nitrogens with zero attached hydrogens (tertiary/aromatic N) is 2. The Hall–Kier alpha value is -3.48. The first-order chi connectivity index (χ1) is 14.7. The number of carbonyl (C=O) groups is 3. The van der Waals surface area contributed by atoms with Gasteiger partial charge in [0.25, 0.3) is 0 Å². The van der Waals surface area contributed by atoms with E-state index in [1.807, 2.05) is 6.07 Å². The number of benzene rings is 1. The van der Waals surface area contributed by atoms with Crippen LogP contribution in [0.1, 0.15) is 32.8 Å². The average molecular weight is 442 g/mol. The Balaban J connectivity index is 3.01. The number of aliphatic hydroxyl groups is 1. The molecule has 0 spiro atoms. The standard InChI is InChI=1S/C22H22N2O6S/c1-5-19(8-6-14(2)22(28)15(3)24-30-16(4)26)31-20-9-7-18(12-17(20)13-23)29-21(27)10-11-25/h5-9,12,25H,1,10-11H2,2-4H3/b14-6+,19-8+,24-15+. The monoisotopic (exact) mass is 442 g/mol. The molecular formula is C22H22N2O6S. The summed E-state index contributed by atoms with van der Waals surface area (Å²) in [6, 6.07) is 6.64. The number of esters is 1. The van der Waals surface area contributed by atoms with Gasteiger partial charge in [-0.3, -0.25) is 9.59 Å². The second-order valence-corrected chi connectivity index (χ2v) is 7.15. The van der Waals surface area contributed by atoms with Gasteiger partial charge in [-0.05, 0) is 43.7 Å². The van der Waals surface area contributed by atoms with Crippen LogP contribution in [-0.4, -0.2) is 35.1 Å². The molecule has 9 heteroatoms. The fraction of sp³-hybridized carbons (Fsp3) is 0.227. The number of Topliss-reactive ketones (excluding diaryl/α,β-unsaturated/α-hetero) is 1. The van der Waals surface area contributed by atoms with E-state index in [0.29, 0.717) is 15.4 Å². The average Bonchev–Trinajstić information content (AvgIpc) is 2.74. The number of hydrogen-bond acceptors (Lipinski definition) is 9. The zero-order valence-corrected chi connectivity index (χ0v) is 18.2. The zero-order valence-electron chi connectivity index (χ0n) is 17.4. The van der Waals surface area contributed by atoms with Gasteiger partial charge in [0.2, 0.25) is 5.78 Å². The number of allylic oxidation sites excluding steroid dienone is 4. The summed E-state index contributed by atoms with van der Waals surface area (Å²) in [7, 11) is 0. The molecule has 0 aliphatic carbocycles. The summed E-state index contributed by atoms with van der Waals surface area (Å²) in [6.07, 6.45) is 4.64. The molecule has 0 bridgehead atoms. The first-order valence-corrected chi connectivity index (χ1v) is 9.84. The highest BCUT2D eigenvalue weighted by Crippen LogP contribution is 2.32. The van der Waals surface area contributed by atoms with E-state index in [0.717, 1.165) is 0 Å². The van der Waals surface area contributed by atoms with Gasteiger partial charge in [-0.1, -0.05) is 35.6 Å². The Labute approximate surface area is 184 Å². The van der Waals surface area contributed by atoms with E-state index in [1.54, 1.807) is 37.3 Å². The van der Waals surface area contributed by atoms with Crippen molar-refractivity contribution in [1.29, 1.82) is 5.26 Å². The van der Waals surface area contributed by atoms with Crippen LogP contribution in [0.15, 0.2) is 63.5 Å². The predicted octanol–water partition coefficient (Wildman–Crippen LogP) is 3.46. The fourth-order valence-electron chi connectivity index (χ4n) is 2.04. The maximum atomic E-state index is 12.2.